The molecule has 0 saturated carbocycles. The molecular formula is C14H19FN2. The van der Waals surface area contributed by atoms with Crippen LogP contribution in [0.25, 0.3) is 10.9 Å². The first kappa shape index (κ1) is 12.1. The summed E-state index contributed by atoms with van der Waals surface area (Å²) >= 11 is 0. The number of nitrogens with zero attached hydrogens (tertiary/aromatic N) is 1. The SMILES string of the molecule is CNC(C)c1cn(C(C)C)c2ccc(F)cc12. The van der Waals surface area contributed by atoms with Crippen molar-refractivity contribution in [2.45, 2.75) is 32.9 Å². The second-order valence-corrected chi connectivity index (χ2v) is 4.76. The van der Waals surface area contributed by atoms with Gasteiger partial charge >= 0.3 is 0 Å². The van der Waals surface area contributed by atoms with Crippen molar-refractivity contribution in [2.75, 3.05) is 7.05 Å². The van der Waals surface area contributed by atoms with Crippen LogP contribution in [0, 0.1) is 5.82 Å². The first-order valence-electron chi connectivity index (χ1n) is 6.02. The lowest BCUT2D eigenvalue weighted by atomic mass is 10.1. The van der Waals surface area contributed by atoms with Crippen LogP contribution in [-0.4, -0.2) is 11.6 Å². The Labute approximate surface area is 101 Å². The van der Waals surface area contributed by atoms with Crippen molar-refractivity contribution in [2.24, 2.45) is 0 Å². The van der Waals surface area contributed by atoms with E-state index in [-0.39, 0.29) is 11.9 Å². The van der Waals surface area contributed by atoms with E-state index >= 15 is 0 Å². The average molecular weight is 234 g/mol. The van der Waals surface area contributed by atoms with Gasteiger partial charge in [0.1, 0.15) is 5.82 Å². The van der Waals surface area contributed by atoms with Crippen LogP contribution in [0.1, 0.15) is 38.4 Å². The molecule has 0 amide bonds. The van der Waals surface area contributed by atoms with Gasteiger partial charge in [-0.15, -0.1) is 0 Å². The quantitative estimate of drug-likeness (QED) is 0.858. The lowest BCUT2D eigenvalue weighted by Crippen LogP contribution is -2.11. The van der Waals surface area contributed by atoms with Crippen LogP contribution >= 0.6 is 0 Å². The van der Waals surface area contributed by atoms with E-state index < -0.39 is 0 Å². The summed E-state index contributed by atoms with van der Waals surface area (Å²) in [6, 6.07) is 5.60. The Hall–Kier alpha value is -1.35. The Bertz CT molecular complexity index is 528. The van der Waals surface area contributed by atoms with Crippen molar-refractivity contribution in [3.63, 3.8) is 0 Å². The zero-order chi connectivity index (χ0) is 12.6. The standard InChI is InChI=1S/C14H19FN2/c1-9(2)17-8-13(10(3)16-4)12-7-11(15)5-6-14(12)17/h5-10,16H,1-4H3. The molecule has 2 rings (SSSR count). The summed E-state index contributed by atoms with van der Waals surface area (Å²) in [5, 5.41) is 4.21. The molecule has 17 heavy (non-hydrogen) atoms. The molecule has 2 nitrogen and oxygen atoms in total. The van der Waals surface area contributed by atoms with Crippen molar-refractivity contribution in [1.29, 1.82) is 0 Å². The highest BCUT2D eigenvalue weighted by molar-refractivity contribution is 5.84. The van der Waals surface area contributed by atoms with Crippen molar-refractivity contribution >= 4 is 10.9 Å². The summed E-state index contributed by atoms with van der Waals surface area (Å²) in [5.41, 5.74) is 2.24. The highest BCUT2D eigenvalue weighted by Crippen LogP contribution is 2.29. The molecule has 3 heteroatoms. The van der Waals surface area contributed by atoms with Crippen molar-refractivity contribution in [3.8, 4) is 0 Å². The number of benzene rings is 1. The van der Waals surface area contributed by atoms with E-state index in [0.29, 0.717) is 6.04 Å². The largest absolute Gasteiger partial charge is 0.345 e. The Morgan fingerprint density at radius 2 is 1.94 bits per heavy atom. The van der Waals surface area contributed by atoms with Gasteiger partial charge in [-0.3, -0.25) is 0 Å². The maximum atomic E-state index is 13.4. The van der Waals surface area contributed by atoms with Crippen LogP contribution < -0.4 is 5.32 Å². The number of aromatic nitrogens is 1. The Balaban J connectivity index is 2.71. The molecule has 0 aliphatic rings. The second-order valence-electron chi connectivity index (χ2n) is 4.76. The summed E-state index contributed by atoms with van der Waals surface area (Å²) in [7, 11) is 1.92. The van der Waals surface area contributed by atoms with Gasteiger partial charge in [-0.1, -0.05) is 0 Å². The first-order valence-corrected chi connectivity index (χ1v) is 6.02. The van der Waals surface area contributed by atoms with Gasteiger partial charge in [0.25, 0.3) is 0 Å². The van der Waals surface area contributed by atoms with Gasteiger partial charge in [0.2, 0.25) is 0 Å². The average Bonchev–Trinajstić information content (AvgIpc) is 2.66. The molecule has 1 heterocycles. The van der Waals surface area contributed by atoms with Gasteiger partial charge in [0, 0.05) is 29.2 Å². The third-order valence-electron chi connectivity index (χ3n) is 3.28. The number of hydrogen-bond acceptors (Lipinski definition) is 1. The van der Waals surface area contributed by atoms with Crippen molar-refractivity contribution in [3.05, 3.63) is 35.8 Å². The molecule has 2 aromatic rings. The van der Waals surface area contributed by atoms with Gasteiger partial charge in [0.15, 0.2) is 0 Å². The molecule has 1 unspecified atom stereocenters. The van der Waals surface area contributed by atoms with Gasteiger partial charge in [-0.25, -0.2) is 4.39 Å². The molecule has 0 saturated heterocycles. The van der Waals surface area contributed by atoms with Crippen LogP contribution in [0.15, 0.2) is 24.4 Å². The maximum Gasteiger partial charge on any atom is 0.123 e. The van der Waals surface area contributed by atoms with Crippen LogP contribution in [0.5, 0.6) is 0 Å². The van der Waals surface area contributed by atoms with E-state index in [0.717, 1.165) is 16.5 Å². The zero-order valence-electron chi connectivity index (χ0n) is 10.8. The number of halogens is 1. The fraction of sp³-hybridized carbons (Fsp3) is 0.429. The molecular weight excluding hydrogens is 215 g/mol. The number of rotatable bonds is 3. The minimum absolute atomic E-state index is 0.177. The number of hydrogen-bond donors (Lipinski definition) is 1. The van der Waals surface area contributed by atoms with E-state index in [1.807, 2.05) is 13.1 Å². The maximum absolute atomic E-state index is 13.4. The topological polar surface area (TPSA) is 17.0 Å². The van der Waals surface area contributed by atoms with E-state index in [1.54, 1.807) is 6.07 Å². The van der Waals surface area contributed by atoms with Crippen LogP contribution in [-0.2, 0) is 0 Å². The molecule has 0 bridgehead atoms. The van der Waals surface area contributed by atoms with Crippen LogP contribution in [0.2, 0.25) is 0 Å². The monoisotopic (exact) mass is 234 g/mol. The zero-order valence-corrected chi connectivity index (χ0v) is 10.8. The number of fused-ring (bicyclic) bond motifs is 1. The molecule has 0 fully saturated rings. The Morgan fingerprint density at radius 1 is 1.24 bits per heavy atom. The highest BCUT2D eigenvalue weighted by Gasteiger charge is 2.14. The minimum Gasteiger partial charge on any atom is -0.345 e. The van der Waals surface area contributed by atoms with E-state index in [1.165, 1.54) is 6.07 Å². The fourth-order valence-electron chi connectivity index (χ4n) is 2.18. The molecule has 1 aromatic carbocycles. The van der Waals surface area contributed by atoms with Gasteiger partial charge < -0.3 is 9.88 Å². The fourth-order valence-corrected chi connectivity index (χ4v) is 2.18. The molecule has 0 aliphatic carbocycles. The molecule has 0 aliphatic heterocycles. The van der Waals surface area contributed by atoms with Gasteiger partial charge in [-0.05, 0) is 51.6 Å². The van der Waals surface area contributed by atoms with Crippen LogP contribution in [0.4, 0.5) is 4.39 Å². The van der Waals surface area contributed by atoms with Gasteiger partial charge in [-0.2, -0.15) is 0 Å². The highest BCUT2D eigenvalue weighted by atomic mass is 19.1. The molecule has 1 atom stereocenters. The predicted octanol–water partition coefficient (Wildman–Crippen LogP) is 3.64. The Morgan fingerprint density at radius 3 is 2.53 bits per heavy atom. The predicted molar refractivity (Wildman–Crippen MR) is 69.8 cm³/mol. The molecule has 92 valence electrons. The molecule has 0 spiro atoms. The summed E-state index contributed by atoms with van der Waals surface area (Å²) in [6.45, 7) is 6.36. The van der Waals surface area contributed by atoms with E-state index in [2.05, 4.69) is 36.9 Å². The summed E-state index contributed by atoms with van der Waals surface area (Å²) < 4.78 is 15.6. The third kappa shape index (κ3) is 2.07. The lowest BCUT2D eigenvalue weighted by molar-refractivity contribution is 0.607. The normalized spacial score (nSPS) is 13.5. The molecule has 0 radical (unpaired) electrons. The van der Waals surface area contributed by atoms with Gasteiger partial charge in [0.05, 0.1) is 0 Å². The first-order chi connectivity index (χ1) is 8.04. The molecule has 1 aromatic heterocycles. The summed E-state index contributed by atoms with van der Waals surface area (Å²) in [6.07, 6.45) is 2.12. The molecule has 1 N–H and O–H groups in total. The Kier molecular flexibility index (Phi) is 3.20. The summed E-state index contributed by atoms with van der Waals surface area (Å²) in [5.74, 6) is -0.177. The lowest BCUT2D eigenvalue weighted by Gasteiger charge is -2.09. The summed E-state index contributed by atoms with van der Waals surface area (Å²) in [4.78, 5) is 0. The minimum atomic E-state index is -0.177. The van der Waals surface area contributed by atoms with Crippen LogP contribution in [0.3, 0.4) is 0 Å². The number of nitrogens with one attached hydrogen (secondary N) is 1. The van der Waals surface area contributed by atoms with Crippen molar-refractivity contribution in [1.82, 2.24) is 9.88 Å². The third-order valence-corrected chi connectivity index (χ3v) is 3.28. The smallest absolute Gasteiger partial charge is 0.123 e. The van der Waals surface area contributed by atoms with E-state index in [9.17, 15) is 4.39 Å². The second kappa shape index (κ2) is 4.49. The van der Waals surface area contributed by atoms with E-state index in [4.69, 9.17) is 0 Å². The van der Waals surface area contributed by atoms with Crippen molar-refractivity contribution < 1.29 is 4.39 Å².